The standard InChI is InChI=1S/C48H55F2N9O6/c1-26(2)41(56-45(62)64-7)43(60)58(22-28(5)20-51)23-39-52-21-38(55-39)31-10-13-33-32-12-9-29(17-34(32)48(49,50)35(33)18-31)30-11-14-36-37(19-30)54-40(53-36)24-59(25-47(6)15-16-47)44(61)42(27(3)4)57-46(63)65-8/h9-14,17-19,21,26-28,41-42H,15-16,22-25H2,1-8H3,(H,52,55)(H,53,54)(H,56,62)(H,57,63)/t28-,41+,42+/m1/s1. The Hall–Kier alpha value is -6.83. The van der Waals surface area contributed by atoms with E-state index < -0.39 is 42.0 Å². The number of hydrogen-bond acceptors (Lipinski definition) is 9. The van der Waals surface area contributed by atoms with E-state index in [-0.39, 0.29) is 53.9 Å². The molecule has 65 heavy (non-hydrogen) atoms. The normalized spacial score (nSPS) is 15.6. The number of nitriles is 1. The Balaban J connectivity index is 1.10. The second-order valence-electron chi connectivity index (χ2n) is 18.2. The number of imidazole rings is 2. The second-order valence-corrected chi connectivity index (χ2v) is 18.2. The number of aromatic nitrogens is 4. The highest BCUT2D eigenvalue weighted by atomic mass is 19.3. The fraction of sp³-hybridized carbons (Fsp3) is 0.438. The molecular weight excluding hydrogens is 837 g/mol. The van der Waals surface area contributed by atoms with E-state index in [0.29, 0.717) is 62.7 Å². The summed E-state index contributed by atoms with van der Waals surface area (Å²) in [4.78, 5) is 70.7. The minimum Gasteiger partial charge on any atom is -0.453 e. The molecule has 0 radical (unpaired) electrons. The summed E-state index contributed by atoms with van der Waals surface area (Å²) < 4.78 is 42.6. The van der Waals surface area contributed by atoms with Gasteiger partial charge < -0.3 is 39.9 Å². The molecule has 2 aromatic heterocycles. The summed E-state index contributed by atoms with van der Waals surface area (Å²) >= 11 is 0. The van der Waals surface area contributed by atoms with E-state index in [1.165, 1.54) is 37.4 Å². The quantitative estimate of drug-likeness (QED) is 0.0756. The first-order valence-electron chi connectivity index (χ1n) is 21.7. The van der Waals surface area contributed by atoms with Crippen molar-refractivity contribution in [2.75, 3.05) is 27.3 Å². The molecular formula is C48H55F2N9O6. The highest BCUT2D eigenvalue weighted by molar-refractivity contribution is 5.88. The van der Waals surface area contributed by atoms with Crippen LogP contribution in [0, 0.1) is 34.5 Å². The minimum atomic E-state index is -3.33. The van der Waals surface area contributed by atoms with Gasteiger partial charge in [-0.05, 0) is 83.5 Å². The van der Waals surface area contributed by atoms with Gasteiger partial charge in [0.15, 0.2) is 0 Å². The first-order chi connectivity index (χ1) is 30.8. The van der Waals surface area contributed by atoms with Gasteiger partial charge >= 0.3 is 12.2 Å². The summed E-state index contributed by atoms with van der Waals surface area (Å²) in [7, 11) is 2.46. The van der Waals surface area contributed by atoms with Crippen molar-refractivity contribution in [1.29, 1.82) is 5.26 Å². The number of hydrogen-bond donors (Lipinski definition) is 4. The van der Waals surface area contributed by atoms with Gasteiger partial charge in [-0.2, -0.15) is 14.0 Å². The Bertz CT molecular complexity index is 2660. The van der Waals surface area contributed by atoms with Gasteiger partial charge in [0.2, 0.25) is 11.8 Å². The van der Waals surface area contributed by atoms with E-state index in [4.69, 9.17) is 14.5 Å². The van der Waals surface area contributed by atoms with Crippen LogP contribution < -0.4 is 10.6 Å². The van der Waals surface area contributed by atoms with Gasteiger partial charge in [0.25, 0.3) is 5.92 Å². The highest BCUT2D eigenvalue weighted by Gasteiger charge is 2.45. The number of alkyl carbamates (subject to hydrolysis) is 2. The lowest BCUT2D eigenvalue weighted by Gasteiger charge is -2.31. The zero-order valence-corrected chi connectivity index (χ0v) is 37.8. The average molecular weight is 892 g/mol. The van der Waals surface area contributed by atoms with E-state index >= 15 is 8.78 Å². The Kier molecular flexibility index (Phi) is 13.0. The number of carbonyl (C=O) groups is 4. The van der Waals surface area contributed by atoms with E-state index in [1.54, 1.807) is 43.9 Å². The van der Waals surface area contributed by atoms with Crippen LogP contribution >= 0.6 is 0 Å². The molecule has 5 aromatic rings. The smallest absolute Gasteiger partial charge is 0.407 e. The predicted molar refractivity (Wildman–Crippen MR) is 239 cm³/mol. The lowest BCUT2D eigenvalue weighted by Crippen LogP contribution is -2.52. The summed E-state index contributed by atoms with van der Waals surface area (Å²) in [6, 6.07) is 15.9. The molecule has 2 aliphatic rings. The van der Waals surface area contributed by atoms with Crippen LogP contribution in [-0.4, -0.2) is 93.1 Å². The second kappa shape index (κ2) is 18.3. The van der Waals surface area contributed by atoms with E-state index in [1.807, 2.05) is 38.1 Å². The average Bonchev–Trinajstić information content (AvgIpc) is 3.55. The van der Waals surface area contributed by atoms with Gasteiger partial charge in [-0.1, -0.05) is 65.0 Å². The number of alkyl halides is 2. The number of methoxy groups -OCH3 is 2. The lowest BCUT2D eigenvalue weighted by atomic mass is 9.98. The summed E-state index contributed by atoms with van der Waals surface area (Å²) in [6.45, 7) is 11.8. The maximum atomic E-state index is 16.5. The largest absolute Gasteiger partial charge is 0.453 e. The third kappa shape index (κ3) is 9.81. The highest BCUT2D eigenvalue weighted by Crippen LogP contribution is 2.53. The molecule has 1 saturated carbocycles. The van der Waals surface area contributed by atoms with E-state index in [9.17, 15) is 24.4 Å². The van der Waals surface area contributed by atoms with Crippen LogP contribution in [0.1, 0.15) is 77.2 Å². The molecule has 3 atom stereocenters. The van der Waals surface area contributed by atoms with Crippen molar-refractivity contribution in [1.82, 2.24) is 40.4 Å². The SMILES string of the molecule is COC(=O)N[C@H](C(=O)N(Cc1ncc(-c2ccc3c(c2)C(F)(F)c2cc(-c4ccc5nc(CN(CC6(C)CC6)C(=O)[C@@H](NC(=O)OC)C(C)C)[nH]c5c4)ccc2-3)[nH]1)C[C@H](C)C#N)C(C)C. The Morgan fingerprint density at radius 3 is 1.89 bits per heavy atom. The molecule has 342 valence electrons. The molecule has 15 nitrogen and oxygen atoms in total. The summed E-state index contributed by atoms with van der Waals surface area (Å²) in [5, 5.41) is 14.8. The lowest BCUT2D eigenvalue weighted by molar-refractivity contribution is -0.136. The van der Waals surface area contributed by atoms with Gasteiger partial charge in [0.1, 0.15) is 23.7 Å². The van der Waals surface area contributed by atoms with Crippen LogP contribution in [0.15, 0.2) is 60.8 Å². The third-order valence-electron chi connectivity index (χ3n) is 12.3. The van der Waals surface area contributed by atoms with Crippen molar-refractivity contribution in [2.24, 2.45) is 23.2 Å². The Morgan fingerprint density at radius 1 is 0.785 bits per heavy atom. The monoisotopic (exact) mass is 891 g/mol. The number of halogens is 2. The molecule has 2 heterocycles. The maximum absolute atomic E-state index is 16.5. The summed E-state index contributed by atoms with van der Waals surface area (Å²) in [5.74, 6) is -4.06. The number of amides is 4. The fourth-order valence-electron chi connectivity index (χ4n) is 8.28. The number of nitrogens with zero attached hydrogens (tertiary/aromatic N) is 5. The Labute approximate surface area is 376 Å². The van der Waals surface area contributed by atoms with Crippen molar-refractivity contribution >= 4 is 35.0 Å². The number of nitrogens with one attached hydrogen (secondary N) is 4. The van der Waals surface area contributed by atoms with Crippen molar-refractivity contribution in [3.63, 3.8) is 0 Å². The van der Waals surface area contributed by atoms with Crippen molar-refractivity contribution in [2.45, 2.75) is 85.5 Å². The van der Waals surface area contributed by atoms with Crippen molar-refractivity contribution in [3.8, 4) is 39.6 Å². The summed E-state index contributed by atoms with van der Waals surface area (Å²) in [5.41, 5.74) is 4.10. The molecule has 0 spiro atoms. The Morgan fingerprint density at radius 2 is 1.32 bits per heavy atom. The molecule has 4 N–H and O–H groups in total. The van der Waals surface area contributed by atoms with Crippen LogP contribution in [0.2, 0.25) is 0 Å². The molecule has 0 aliphatic heterocycles. The van der Waals surface area contributed by atoms with E-state index in [2.05, 4.69) is 38.6 Å². The van der Waals surface area contributed by atoms with Crippen molar-refractivity contribution in [3.05, 3.63) is 83.6 Å². The zero-order valence-electron chi connectivity index (χ0n) is 37.8. The summed E-state index contributed by atoms with van der Waals surface area (Å²) in [6.07, 6.45) is 2.05. The zero-order chi connectivity index (χ0) is 47.0. The van der Waals surface area contributed by atoms with Gasteiger partial charge in [0, 0.05) is 29.8 Å². The van der Waals surface area contributed by atoms with E-state index in [0.717, 1.165) is 12.8 Å². The minimum absolute atomic E-state index is 0.0179. The number of aromatic amines is 2. The van der Waals surface area contributed by atoms with Crippen LogP contribution in [0.25, 0.3) is 44.5 Å². The van der Waals surface area contributed by atoms with Gasteiger partial charge in [-0.25, -0.2) is 19.6 Å². The molecule has 1 fully saturated rings. The van der Waals surface area contributed by atoms with Gasteiger partial charge in [-0.3, -0.25) is 9.59 Å². The van der Waals surface area contributed by atoms with Crippen LogP contribution in [-0.2, 0) is 38.1 Å². The van der Waals surface area contributed by atoms with Crippen LogP contribution in [0.5, 0.6) is 0 Å². The predicted octanol–water partition coefficient (Wildman–Crippen LogP) is 8.12. The number of carbonyl (C=O) groups excluding carboxylic acids is 4. The van der Waals surface area contributed by atoms with Crippen LogP contribution in [0.4, 0.5) is 18.4 Å². The number of benzene rings is 3. The number of ether oxygens (including phenoxy) is 2. The van der Waals surface area contributed by atoms with Gasteiger partial charge in [0.05, 0.1) is 62.2 Å². The molecule has 0 saturated heterocycles. The third-order valence-corrected chi connectivity index (χ3v) is 12.3. The molecule has 7 rings (SSSR count). The van der Waals surface area contributed by atoms with Crippen molar-refractivity contribution < 1.29 is 37.4 Å². The number of rotatable bonds is 16. The maximum Gasteiger partial charge on any atom is 0.407 e. The van der Waals surface area contributed by atoms with Gasteiger partial charge in [-0.15, -0.1) is 0 Å². The molecule has 0 unspecified atom stereocenters. The molecule has 3 aromatic carbocycles. The molecule has 17 heteroatoms. The molecule has 4 amide bonds. The topological polar surface area (TPSA) is 198 Å². The molecule has 2 aliphatic carbocycles. The first kappa shape index (κ1) is 46.2. The molecule has 0 bridgehead atoms. The number of fused-ring (bicyclic) bond motifs is 4. The number of H-pyrrole nitrogens is 2. The first-order valence-corrected chi connectivity index (χ1v) is 21.7. The fourth-order valence-corrected chi connectivity index (χ4v) is 8.28. The van der Waals surface area contributed by atoms with Crippen LogP contribution in [0.3, 0.4) is 0 Å².